The lowest BCUT2D eigenvalue weighted by atomic mass is 9.92. The van der Waals surface area contributed by atoms with E-state index in [-0.39, 0.29) is 0 Å². The number of hydrogen-bond donors (Lipinski definition) is 0. The van der Waals surface area contributed by atoms with Gasteiger partial charge >= 0.3 is 0 Å². The van der Waals surface area contributed by atoms with E-state index >= 15 is 0 Å². The second-order valence-corrected chi connectivity index (χ2v) is 5.18. The monoisotopic (exact) mass is 281 g/mol. The highest BCUT2D eigenvalue weighted by molar-refractivity contribution is 6.04. The fourth-order valence-corrected chi connectivity index (χ4v) is 2.74. The third-order valence-electron chi connectivity index (χ3n) is 3.90. The summed E-state index contributed by atoms with van der Waals surface area (Å²) in [6, 6.07) is 18.7. The van der Waals surface area contributed by atoms with Crippen LogP contribution in [0.5, 0.6) is 0 Å². The number of rotatable bonds is 4. The molecule has 1 aliphatic rings. The zero-order valence-electron chi connectivity index (χ0n) is 12.4. The third kappa shape index (κ3) is 2.75. The molecule has 0 amide bonds. The molecule has 2 aromatic carbocycles. The Hall–Kier alpha value is -1.97. The quantitative estimate of drug-likeness (QED) is 0.806. The molecule has 0 N–H and O–H groups in total. The molecule has 1 aliphatic heterocycles. The number of hydrogen-bond acceptors (Lipinski definition) is 3. The van der Waals surface area contributed by atoms with Crippen LogP contribution >= 0.6 is 0 Å². The van der Waals surface area contributed by atoms with E-state index in [0.717, 1.165) is 12.1 Å². The van der Waals surface area contributed by atoms with Crippen LogP contribution in [-0.2, 0) is 22.3 Å². The molecule has 0 unspecified atom stereocenters. The van der Waals surface area contributed by atoms with Gasteiger partial charge in [0.15, 0.2) is 0 Å². The van der Waals surface area contributed by atoms with Crippen LogP contribution in [0.1, 0.15) is 16.7 Å². The summed E-state index contributed by atoms with van der Waals surface area (Å²) in [6.45, 7) is 0. The van der Waals surface area contributed by atoms with Gasteiger partial charge in [0.1, 0.15) is 0 Å². The van der Waals surface area contributed by atoms with Gasteiger partial charge < -0.3 is 9.47 Å². The highest BCUT2D eigenvalue weighted by Gasteiger charge is 2.35. The van der Waals surface area contributed by atoms with Crippen molar-refractivity contribution in [2.24, 2.45) is 4.99 Å². The SMILES string of the molecule is COC1(OC)Cc2ccccc2C(Cc2ccccc2)=N1. The molecule has 0 aliphatic carbocycles. The van der Waals surface area contributed by atoms with Gasteiger partial charge in [0, 0.05) is 20.6 Å². The molecule has 3 nitrogen and oxygen atoms in total. The van der Waals surface area contributed by atoms with Crippen LogP contribution in [0.4, 0.5) is 0 Å². The van der Waals surface area contributed by atoms with Gasteiger partial charge in [-0.1, -0.05) is 54.6 Å². The average Bonchev–Trinajstić information content (AvgIpc) is 2.55. The number of fused-ring (bicyclic) bond motifs is 1. The van der Waals surface area contributed by atoms with E-state index in [1.165, 1.54) is 16.7 Å². The Kier molecular flexibility index (Phi) is 3.86. The highest BCUT2D eigenvalue weighted by Crippen LogP contribution is 2.29. The average molecular weight is 281 g/mol. The Labute approximate surface area is 125 Å². The molecular formula is C18H19NO2. The molecule has 0 saturated carbocycles. The van der Waals surface area contributed by atoms with E-state index in [1.807, 2.05) is 30.3 Å². The minimum Gasteiger partial charge on any atom is -0.335 e. The minimum atomic E-state index is -0.904. The molecule has 1 heterocycles. The van der Waals surface area contributed by atoms with Crippen molar-refractivity contribution in [3.05, 3.63) is 71.3 Å². The van der Waals surface area contributed by atoms with E-state index in [1.54, 1.807) is 14.2 Å². The number of ether oxygens (including phenoxy) is 2. The van der Waals surface area contributed by atoms with Crippen molar-refractivity contribution in [1.29, 1.82) is 0 Å². The fourth-order valence-electron chi connectivity index (χ4n) is 2.74. The molecule has 21 heavy (non-hydrogen) atoms. The lowest BCUT2D eigenvalue weighted by Gasteiger charge is -2.32. The van der Waals surface area contributed by atoms with E-state index < -0.39 is 5.91 Å². The van der Waals surface area contributed by atoms with Crippen molar-refractivity contribution in [2.75, 3.05) is 14.2 Å². The second kappa shape index (κ2) is 5.80. The van der Waals surface area contributed by atoms with Gasteiger partial charge in [-0.05, 0) is 16.7 Å². The van der Waals surface area contributed by atoms with Crippen molar-refractivity contribution in [3.8, 4) is 0 Å². The Morgan fingerprint density at radius 2 is 1.62 bits per heavy atom. The third-order valence-corrected chi connectivity index (χ3v) is 3.90. The van der Waals surface area contributed by atoms with Gasteiger partial charge in [-0.15, -0.1) is 0 Å². The van der Waals surface area contributed by atoms with Gasteiger partial charge in [0.25, 0.3) is 5.91 Å². The zero-order valence-corrected chi connectivity index (χ0v) is 12.4. The van der Waals surface area contributed by atoms with Gasteiger partial charge in [-0.3, -0.25) is 0 Å². The normalized spacial score (nSPS) is 16.2. The molecule has 0 radical (unpaired) electrons. The van der Waals surface area contributed by atoms with E-state index in [0.29, 0.717) is 6.42 Å². The van der Waals surface area contributed by atoms with Crippen LogP contribution in [0.25, 0.3) is 0 Å². The fraction of sp³-hybridized carbons (Fsp3) is 0.278. The lowest BCUT2D eigenvalue weighted by Crippen LogP contribution is -2.39. The summed E-state index contributed by atoms with van der Waals surface area (Å²) in [6.07, 6.45) is 1.40. The first-order valence-electron chi connectivity index (χ1n) is 7.07. The van der Waals surface area contributed by atoms with Crippen LogP contribution in [0, 0.1) is 0 Å². The van der Waals surface area contributed by atoms with E-state index in [9.17, 15) is 0 Å². The van der Waals surface area contributed by atoms with E-state index in [4.69, 9.17) is 14.5 Å². The molecule has 0 bridgehead atoms. The molecule has 0 aromatic heterocycles. The topological polar surface area (TPSA) is 30.8 Å². The van der Waals surface area contributed by atoms with Crippen LogP contribution < -0.4 is 0 Å². The minimum absolute atomic E-state index is 0.633. The van der Waals surface area contributed by atoms with Crippen LogP contribution in [0.3, 0.4) is 0 Å². The number of methoxy groups -OCH3 is 2. The molecule has 108 valence electrons. The first-order valence-corrected chi connectivity index (χ1v) is 7.07. The molecule has 0 fully saturated rings. The predicted octanol–water partition coefficient (Wildman–Crippen LogP) is 3.22. The summed E-state index contributed by atoms with van der Waals surface area (Å²) < 4.78 is 11.1. The molecule has 3 heteroatoms. The maximum atomic E-state index is 5.54. The van der Waals surface area contributed by atoms with Crippen LogP contribution in [0.2, 0.25) is 0 Å². The Bertz CT molecular complexity index is 645. The summed E-state index contributed by atoms with van der Waals surface area (Å²) in [5.41, 5.74) is 4.63. The standard InChI is InChI=1S/C18H19NO2/c1-20-18(21-2)13-15-10-6-7-11-16(15)17(19-18)12-14-8-4-3-5-9-14/h3-11H,12-13H2,1-2H3. The van der Waals surface area contributed by atoms with E-state index in [2.05, 4.69) is 24.3 Å². The Morgan fingerprint density at radius 1 is 0.952 bits per heavy atom. The van der Waals surface area contributed by atoms with Crippen LogP contribution in [0.15, 0.2) is 59.6 Å². The summed E-state index contributed by atoms with van der Waals surface area (Å²) in [5, 5.41) is 0. The Balaban J connectivity index is 2.03. The number of aliphatic imine (C=N–C) groups is 1. The highest BCUT2D eigenvalue weighted by atomic mass is 16.7. The predicted molar refractivity (Wildman–Crippen MR) is 83.6 cm³/mol. The molecule has 3 rings (SSSR count). The van der Waals surface area contributed by atoms with Gasteiger partial charge in [0.2, 0.25) is 0 Å². The van der Waals surface area contributed by atoms with Crippen molar-refractivity contribution >= 4 is 5.71 Å². The zero-order chi connectivity index (χ0) is 14.7. The van der Waals surface area contributed by atoms with Gasteiger partial charge in [0.05, 0.1) is 12.1 Å². The molecule has 0 atom stereocenters. The van der Waals surface area contributed by atoms with Crippen LogP contribution in [-0.4, -0.2) is 25.8 Å². The summed E-state index contributed by atoms with van der Waals surface area (Å²) in [7, 11) is 3.28. The Morgan fingerprint density at radius 3 is 2.33 bits per heavy atom. The van der Waals surface area contributed by atoms with Crippen molar-refractivity contribution in [3.63, 3.8) is 0 Å². The maximum absolute atomic E-state index is 5.54. The molecule has 0 saturated heterocycles. The largest absolute Gasteiger partial charge is 0.335 e. The maximum Gasteiger partial charge on any atom is 0.273 e. The number of benzene rings is 2. The smallest absolute Gasteiger partial charge is 0.273 e. The second-order valence-electron chi connectivity index (χ2n) is 5.18. The first kappa shape index (κ1) is 14.0. The summed E-state index contributed by atoms with van der Waals surface area (Å²) in [4.78, 5) is 4.76. The molecular weight excluding hydrogens is 262 g/mol. The molecule has 0 spiro atoms. The summed E-state index contributed by atoms with van der Waals surface area (Å²) >= 11 is 0. The molecule has 2 aromatic rings. The van der Waals surface area contributed by atoms with Crippen molar-refractivity contribution in [1.82, 2.24) is 0 Å². The van der Waals surface area contributed by atoms with Crippen molar-refractivity contribution < 1.29 is 9.47 Å². The van der Waals surface area contributed by atoms with Gasteiger partial charge in [-0.2, -0.15) is 0 Å². The van der Waals surface area contributed by atoms with Crippen molar-refractivity contribution in [2.45, 2.75) is 18.8 Å². The summed E-state index contributed by atoms with van der Waals surface area (Å²) in [5.74, 6) is -0.904. The number of nitrogens with zero attached hydrogens (tertiary/aromatic N) is 1. The van der Waals surface area contributed by atoms with Gasteiger partial charge in [-0.25, -0.2) is 4.99 Å². The first-order chi connectivity index (χ1) is 10.3. The lowest BCUT2D eigenvalue weighted by molar-refractivity contribution is -0.199.